The average molecular weight is 303 g/mol. The van der Waals surface area contributed by atoms with Crippen molar-refractivity contribution in [2.24, 2.45) is 5.92 Å². The van der Waals surface area contributed by atoms with Gasteiger partial charge in [-0.1, -0.05) is 5.16 Å². The van der Waals surface area contributed by atoms with Crippen LogP contribution in [0.15, 0.2) is 33.4 Å². The lowest BCUT2D eigenvalue weighted by Crippen LogP contribution is -2.39. The third-order valence-corrected chi connectivity index (χ3v) is 3.42. The molecule has 0 radical (unpaired) electrons. The van der Waals surface area contributed by atoms with Gasteiger partial charge in [0.2, 0.25) is 5.91 Å². The van der Waals surface area contributed by atoms with E-state index in [1.165, 1.54) is 11.2 Å². The lowest BCUT2D eigenvalue weighted by molar-refractivity contribution is -0.117. The summed E-state index contributed by atoms with van der Waals surface area (Å²) in [5.41, 5.74) is 0. The van der Waals surface area contributed by atoms with E-state index >= 15 is 0 Å². The quantitative estimate of drug-likeness (QED) is 0.882. The zero-order chi connectivity index (χ0) is 15.5. The van der Waals surface area contributed by atoms with Crippen LogP contribution in [0.2, 0.25) is 0 Å². The Labute approximate surface area is 127 Å². The molecule has 1 fully saturated rings. The number of furan rings is 1. The average Bonchev–Trinajstić information content (AvgIpc) is 2.97. The maximum absolute atomic E-state index is 12.4. The van der Waals surface area contributed by atoms with Gasteiger partial charge in [0, 0.05) is 12.6 Å². The summed E-state index contributed by atoms with van der Waals surface area (Å²) in [4.78, 5) is 26.0. The predicted octanol–water partition coefficient (Wildman–Crippen LogP) is 2.07. The number of amides is 2. The molecule has 0 spiro atoms. The maximum Gasteiger partial charge on any atom is 0.290 e. The molecule has 2 aromatic rings. The lowest BCUT2D eigenvalue weighted by Gasteiger charge is -2.20. The van der Waals surface area contributed by atoms with E-state index in [-0.39, 0.29) is 24.1 Å². The van der Waals surface area contributed by atoms with Gasteiger partial charge in [0.1, 0.15) is 12.3 Å². The van der Waals surface area contributed by atoms with Crippen LogP contribution >= 0.6 is 0 Å². The molecule has 22 heavy (non-hydrogen) atoms. The molecule has 2 amide bonds. The van der Waals surface area contributed by atoms with Crippen molar-refractivity contribution in [1.82, 2.24) is 10.1 Å². The van der Waals surface area contributed by atoms with Gasteiger partial charge in [-0.05, 0) is 37.8 Å². The first-order valence-corrected chi connectivity index (χ1v) is 7.18. The van der Waals surface area contributed by atoms with Crippen LogP contribution in [0.4, 0.5) is 5.82 Å². The molecule has 0 aliphatic heterocycles. The van der Waals surface area contributed by atoms with E-state index in [1.54, 1.807) is 25.1 Å². The molecule has 7 heteroatoms. The van der Waals surface area contributed by atoms with Gasteiger partial charge in [0.05, 0.1) is 6.26 Å². The number of carbonyl (C=O) groups is 2. The van der Waals surface area contributed by atoms with Crippen LogP contribution in [-0.4, -0.2) is 35.0 Å². The number of nitrogens with one attached hydrogen (secondary N) is 1. The van der Waals surface area contributed by atoms with Crippen LogP contribution in [0.25, 0.3) is 0 Å². The van der Waals surface area contributed by atoms with Crippen LogP contribution < -0.4 is 5.32 Å². The highest BCUT2D eigenvalue weighted by molar-refractivity contribution is 5.97. The standard InChI is InChI=1S/C15H17N3O4/c1-10-7-13(17-22-10)16-14(19)9-18(8-11-4-5-11)15(20)12-3-2-6-21-12/h2-3,6-7,11H,4-5,8-9H2,1H3,(H,16,17,19). The molecule has 1 N–H and O–H groups in total. The Morgan fingerprint density at radius 1 is 1.45 bits per heavy atom. The SMILES string of the molecule is Cc1cc(NC(=O)CN(CC2CC2)C(=O)c2ccco2)no1. The van der Waals surface area contributed by atoms with Crippen molar-refractivity contribution in [1.29, 1.82) is 0 Å². The van der Waals surface area contributed by atoms with Crippen molar-refractivity contribution >= 4 is 17.6 Å². The topological polar surface area (TPSA) is 88.6 Å². The molecule has 7 nitrogen and oxygen atoms in total. The molecule has 1 saturated carbocycles. The summed E-state index contributed by atoms with van der Waals surface area (Å²) in [6.45, 7) is 2.26. The third kappa shape index (κ3) is 3.55. The van der Waals surface area contributed by atoms with Gasteiger partial charge in [-0.3, -0.25) is 9.59 Å². The molecule has 1 aliphatic carbocycles. The van der Waals surface area contributed by atoms with Crippen LogP contribution in [0.3, 0.4) is 0 Å². The molecule has 0 saturated heterocycles. The van der Waals surface area contributed by atoms with Crippen molar-refractivity contribution in [2.75, 3.05) is 18.4 Å². The number of carbonyl (C=O) groups excluding carboxylic acids is 2. The first-order valence-electron chi connectivity index (χ1n) is 7.18. The maximum atomic E-state index is 12.4. The Balaban J connectivity index is 1.64. The molecule has 0 atom stereocenters. The molecule has 0 unspecified atom stereocenters. The van der Waals surface area contributed by atoms with Crippen molar-refractivity contribution < 1.29 is 18.5 Å². The monoisotopic (exact) mass is 303 g/mol. The van der Waals surface area contributed by atoms with Crippen LogP contribution in [0.5, 0.6) is 0 Å². The second-order valence-corrected chi connectivity index (χ2v) is 5.48. The van der Waals surface area contributed by atoms with Gasteiger partial charge >= 0.3 is 0 Å². The van der Waals surface area contributed by atoms with Crippen molar-refractivity contribution in [2.45, 2.75) is 19.8 Å². The van der Waals surface area contributed by atoms with E-state index in [9.17, 15) is 9.59 Å². The Morgan fingerprint density at radius 3 is 2.86 bits per heavy atom. The molecular weight excluding hydrogens is 286 g/mol. The number of rotatable bonds is 6. The highest BCUT2D eigenvalue weighted by atomic mass is 16.5. The van der Waals surface area contributed by atoms with Crippen molar-refractivity contribution in [3.8, 4) is 0 Å². The van der Waals surface area contributed by atoms with E-state index in [0.717, 1.165) is 12.8 Å². The minimum atomic E-state index is -0.311. The fourth-order valence-electron chi connectivity index (χ4n) is 2.17. The first-order chi connectivity index (χ1) is 10.6. The summed E-state index contributed by atoms with van der Waals surface area (Å²) >= 11 is 0. The van der Waals surface area contributed by atoms with Gasteiger partial charge in [-0.25, -0.2) is 0 Å². The highest BCUT2D eigenvalue weighted by Crippen LogP contribution is 2.30. The normalized spacial score (nSPS) is 13.9. The van der Waals surface area contributed by atoms with Gasteiger partial charge < -0.3 is 19.2 Å². The Hall–Kier alpha value is -2.57. The predicted molar refractivity (Wildman–Crippen MR) is 77.2 cm³/mol. The smallest absolute Gasteiger partial charge is 0.290 e. The van der Waals surface area contributed by atoms with Gasteiger partial charge in [0.15, 0.2) is 11.6 Å². The van der Waals surface area contributed by atoms with Crippen LogP contribution in [-0.2, 0) is 4.79 Å². The number of anilines is 1. The second-order valence-electron chi connectivity index (χ2n) is 5.48. The number of hydrogen-bond acceptors (Lipinski definition) is 5. The Bertz CT molecular complexity index is 658. The zero-order valence-corrected chi connectivity index (χ0v) is 12.2. The van der Waals surface area contributed by atoms with E-state index < -0.39 is 0 Å². The zero-order valence-electron chi connectivity index (χ0n) is 12.2. The van der Waals surface area contributed by atoms with Crippen LogP contribution in [0, 0.1) is 12.8 Å². The number of aryl methyl sites for hydroxylation is 1. The van der Waals surface area contributed by atoms with E-state index in [2.05, 4.69) is 10.5 Å². The second kappa shape index (κ2) is 6.05. The molecule has 116 valence electrons. The largest absolute Gasteiger partial charge is 0.459 e. The summed E-state index contributed by atoms with van der Waals surface area (Å²) in [5.74, 6) is 1.08. The lowest BCUT2D eigenvalue weighted by atomic mass is 10.3. The number of nitrogens with zero attached hydrogens (tertiary/aromatic N) is 2. The van der Waals surface area contributed by atoms with Gasteiger partial charge in [-0.15, -0.1) is 0 Å². The van der Waals surface area contributed by atoms with E-state index in [0.29, 0.717) is 24.0 Å². The van der Waals surface area contributed by atoms with Crippen molar-refractivity contribution in [3.63, 3.8) is 0 Å². The summed E-state index contributed by atoms with van der Waals surface area (Å²) < 4.78 is 10.0. The molecule has 1 aliphatic rings. The van der Waals surface area contributed by atoms with E-state index in [4.69, 9.17) is 8.94 Å². The summed E-state index contributed by atoms with van der Waals surface area (Å²) in [7, 11) is 0. The Morgan fingerprint density at radius 2 is 2.27 bits per heavy atom. The van der Waals surface area contributed by atoms with Crippen molar-refractivity contribution in [3.05, 3.63) is 36.0 Å². The molecule has 0 aromatic carbocycles. The fourth-order valence-corrected chi connectivity index (χ4v) is 2.17. The summed E-state index contributed by atoms with van der Waals surface area (Å²) in [6, 6.07) is 4.87. The molecular formula is C15H17N3O4. The molecule has 3 rings (SSSR count). The third-order valence-electron chi connectivity index (χ3n) is 3.42. The van der Waals surface area contributed by atoms with Gasteiger partial charge in [0.25, 0.3) is 5.91 Å². The highest BCUT2D eigenvalue weighted by Gasteiger charge is 2.29. The Kier molecular flexibility index (Phi) is 3.95. The fraction of sp³-hybridized carbons (Fsp3) is 0.400. The van der Waals surface area contributed by atoms with E-state index in [1.807, 2.05) is 0 Å². The first kappa shape index (κ1) is 14.4. The summed E-state index contributed by atoms with van der Waals surface area (Å²) in [6.07, 6.45) is 3.62. The number of hydrogen-bond donors (Lipinski definition) is 1. The number of aromatic nitrogens is 1. The minimum absolute atomic E-state index is 0.0397. The molecule has 2 aromatic heterocycles. The van der Waals surface area contributed by atoms with Gasteiger partial charge in [-0.2, -0.15) is 0 Å². The van der Waals surface area contributed by atoms with Crippen LogP contribution in [0.1, 0.15) is 29.2 Å². The minimum Gasteiger partial charge on any atom is -0.459 e. The summed E-state index contributed by atoms with van der Waals surface area (Å²) in [5, 5.41) is 6.32. The molecule has 0 bridgehead atoms. The molecule has 2 heterocycles.